The Bertz CT molecular complexity index is 603. The molecule has 1 heterocycles. The molecule has 1 aromatic rings. The monoisotopic (exact) mass is 309 g/mol. The van der Waals surface area contributed by atoms with Crippen LogP contribution in [0.5, 0.6) is 0 Å². The lowest BCUT2D eigenvalue weighted by Gasteiger charge is -2.23. The number of nitrogens with zero attached hydrogens (tertiary/aromatic N) is 1. The maximum Gasteiger partial charge on any atom is 0.244 e. The topological polar surface area (TPSA) is 71.1 Å². The van der Waals surface area contributed by atoms with Crippen LogP contribution in [-0.4, -0.2) is 26.0 Å². The second-order valence-electron chi connectivity index (χ2n) is 6.18. The standard InChI is InChI=1S/C15H23N3O2S/c1-2-7-16-15-14(4-3-8-17-15)21(19,20)18-13-10-11-5-6-12(13)9-11/h3-4,8,11-13,18H,2,5-7,9-10H2,1H3,(H,16,17). The molecule has 2 bridgehead atoms. The van der Waals surface area contributed by atoms with Crippen LogP contribution in [0, 0.1) is 11.8 Å². The summed E-state index contributed by atoms with van der Waals surface area (Å²) in [7, 11) is -3.50. The fraction of sp³-hybridized carbons (Fsp3) is 0.667. The Labute approximate surface area is 126 Å². The number of nitrogens with one attached hydrogen (secondary N) is 2. The van der Waals surface area contributed by atoms with Gasteiger partial charge in [0, 0.05) is 18.8 Å². The second-order valence-corrected chi connectivity index (χ2v) is 7.86. The van der Waals surface area contributed by atoms with Crippen LogP contribution in [0.3, 0.4) is 0 Å². The highest BCUT2D eigenvalue weighted by Crippen LogP contribution is 2.44. The van der Waals surface area contributed by atoms with Crippen LogP contribution < -0.4 is 10.0 Å². The van der Waals surface area contributed by atoms with Gasteiger partial charge >= 0.3 is 0 Å². The summed E-state index contributed by atoms with van der Waals surface area (Å²) in [5.41, 5.74) is 0. The summed E-state index contributed by atoms with van der Waals surface area (Å²) in [5, 5.41) is 3.10. The van der Waals surface area contributed by atoms with Crippen molar-refractivity contribution in [1.29, 1.82) is 0 Å². The van der Waals surface area contributed by atoms with Gasteiger partial charge in [0.05, 0.1) is 0 Å². The van der Waals surface area contributed by atoms with Gasteiger partial charge in [0.15, 0.2) is 0 Å². The van der Waals surface area contributed by atoms with E-state index in [1.165, 1.54) is 12.8 Å². The Morgan fingerprint density at radius 3 is 2.86 bits per heavy atom. The van der Waals surface area contributed by atoms with Gasteiger partial charge in [-0.2, -0.15) is 0 Å². The fourth-order valence-corrected chi connectivity index (χ4v) is 5.09. The van der Waals surface area contributed by atoms with E-state index in [2.05, 4.69) is 15.0 Å². The smallest absolute Gasteiger partial charge is 0.244 e. The van der Waals surface area contributed by atoms with Crippen LogP contribution in [-0.2, 0) is 10.0 Å². The normalized spacial score (nSPS) is 28.0. The van der Waals surface area contributed by atoms with Gasteiger partial charge in [-0.15, -0.1) is 0 Å². The summed E-state index contributed by atoms with van der Waals surface area (Å²) in [6, 6.07) is 3.40. The molecule has 0 spiro atoms. The van der Waals surface area contributed by atoms with Crippen LogP contribution in [0.2, 0.25) is 0 Å². The molecule has 3 unspecified atom stereocenters. The molecule has 3 atom stereocenters. The molecule has 0 aliphatic heterocycles. The zero-order valence-electron chi connectivity index (χ0n) is 12.4. The van der Waals surface area contributed by atoms with E-state index >= 15 is 0 Å². The molecule has 0 radical (unpaired) electrons. The molecular formula is C15H23N3O2S. The van der Waals surface area contributed by atoms with Gasteiger partial charge in [-0.3, -0.25) is 0 Å². The van der Waals surface area contributed by atoms with E-state index in [4.69, 9.17) is 0 Å². The third kappa shape index (κ3) is 3.06. The van der Waals surface area contributed by atoms with Crippen molar-refractivity contribution in [2.24, 2.45) is 11.8 Å². The number of hydrogen-bond acceptors (Lipinski definition) is 4. The van der Waals surface area contributed by atoms with E-state index in [0.717, 1.165) is 19.3 Å². The molecule has 2 aliphatic rings. The fourth-order valence-electron chi connectivity index (χ4n) is 3.64. The molecule has 2 aliphatic carbocycles. The van der Waals surface area contributed by atoms with Crippen LogP contribution in [0.4, 0.5) is 5.82 Å². The van der Waals surface area contributed by atoms with Crippen molar-refractivity contribution in [3.8, 4) is 0 Å². The van der Waals surface area contributed by atoms with E-state index in [0.29, 0.717) is 24.2 Å². The summed E-state index contributed by atoms with van der Waals surface area (Å²) in [5.74, 6) is 1.69. The predicted octanol–water partition coefficient (Wildman–Crippen LogP) is 2.37. The highest BCUT2D eigenvalue weighted by Gasteiger charge is 2.41. The average Bonchev–Trinajstić information content (AvgIpc) is 3.07. The van der Waals surface area contributed by atoms with Gasteiger partial charge in [0.25, 0.3) is 0 Å². The van der Waals surface area contributed by atoms with Gasteiger partial charge in [-0.1, -0.05) is 13.3 Å². The first-order valence-corrected chi connectivity index (χ1v) is 9.29. The first-order chi connectivity index (χ1) is 10.1. The Hall–Kier alpha value is -1.14. The lowest BCUT2D eigenvalue weighted by atomic mass is 9.96. The average molecular weight is 309 g/mol. The zero-order chi connectivity index (χ0) is 14.9. The molecule has 3 rings (SSSR count). The molecule has 2 saturated carbocycles. The molecule has 5 nitrogen and oxygen atoms in total. The predicted molar refractivity (Wildman–Crippen MR) is 82.6 cm³/mol. The Morgan fingerprint density at radius 1 is 1.33 bits per heavy atom. The van der Waals surface area contributed by atoms with Crippen molar-refractivity contribution < 1.29 is 8.42 Å². The summed E-state index contributed by atoms with van der Waals surface area (Å²) in [4.78, 5) is 4.44. The summed E-state index contributed by atoms with van der Waals surface area (Å²) in [6.07, 6.45) is 7.14. The second kappa shape index (κ2) is 5.93. The first-order valence-electron chi connectivity index (χ1n) is 7.81. The minimum absolute atomic E-state index is 0.105. The molecule has 1 aromatic heterocycles. The number of pyridine rings is 1. The molecule has 2 fully saturated rings. The molecule has 0 amide bonds. The first kappa shape index (κ1) is 14.8. The Kier molecular flexibility index (Phi) is 4.17. The van der Waals surface area contributed by atoms with Crippen molar-refractivity contribution in [1.82, 2.24) is 9.71 Å². The van der Waals surface area contributed by atoms with Gasteiger partial charge in [-0.05, 0) is 49.7 Å². The van der Waals surface area contributed by atoms with Crippen molar-refractivity contribution in [3.63, 3.8) is 0 Å². The molecule has 2 N–H and O–H groups in total. The van der Waals surface area contributed by atoms with Crippen molar-refractivity contribution in [2.45, 2.75) is 50.0 Å². The lowest BCUT2D eigenvalue weighted by Crippen LogP contribution is -2.38. The minimum Gasteiger partial charge on any atom is -0.369 e. The van der Waals surface area contributed by atoms with Crippen LogP contribution in [0.25, 0.3) is 0 Å². The molecule has 6 heteroatoms. The highest BCUT2D eigenvalue weighted by molar-refractivity contribution is 7.89. The molecule has 116 valence electrons. The lowest BCUT2D eigenvalue weighted by molar-refractivity contribution is 0.390. The Balaban J connectivity index is 1.78. The maximum atomic E-state index is 12.7. The summed E-state index contributed by atoms with van der Waals surface area (Å²) >= 11 is 0. The number of hydrogen-bond donors (Lipinski definition) is 2. The van der Waals surface area contributed by atoms with Gasteiger partial charge in [-0.25, -0.2) is 18.1 Å². The molecular weight excluding hydrogens is 286 g/mol. The van der Waals surface area contributed by atoms with E-state index in [-0.39, 0.29) is 10.9 Å². The highest BCUT2D eigenvalue weighted by atomic mass is 32.2. The molecule has 21 heavy (non-hydrogen) atoms. The number of sulfonamides is 1. The summed E-state index contributed by atoms with van der Waals surface area (Å²) in [6.45, 7) is 2.76. The SMILES string of the molecule is CCCNc1ncccc1S(=O)(=O)NC1CC2CCC1C2. The van der Waals surface area contributed by atoms with Crippen molar-refractivity contribution in [2.75, 3.05) is 11.9 Å². The third-order valence-corrected chi connectivity index (χ3v) is 6.17. The number of rotatable bonds is 6. The minimum atomic E-state index is -3.50. The van der Waals surface area contributed by atoms with E-state index in [9.17, 15) is 8.42 Å². The van der Waals surface area contributed by atoms with Crippen molar-refractivity contribution >= 4 is 15.8 Å². The largest absolute Gasteiger partial charge is 0.369 e. The Morgan fingerprint density at radius 2 is 2.19 bits per heavy atom. The van der Waals surface area contributed by atoms with E-state index in [1.54, 1.807) is 18.3 Å². The zero-order valence-corrected chi connectivity index (χ0v) is 13.2. The van der Waals surface area contributed by atoms with Gasteiger partial charge in [0.1, 0.15) is 10.7 Å². The molecule has 0 saturated heterocycles. The number of anilines is 1. The van der Waals surface area contributed by atoms with Crippen LogP contribution in [0.15, 0.2) is 23.2 Å². The van der Waals surface area contributed by atoms with Gasteiger partial charge < -0.3 is 5.32 Å². The van der Waals surface area contributed by atoms with Gasteiger partial charge in [0.2, 0.25) is 10.0 Å². The third-order valence-electron chi connectivity index (χ3n) is 4.65. The maximum absolute atomic E-state index is 12.7. The molecule has 0 aromatic carbocycles. The number of fused-ring (bicyclic) bond motifs is 2. The van der Waals surface area contributed by atoms with Crippen LogP contribution >= 0.6 is 0 Å². The van der Waals surface area contributed by atoms with E-state index in [1.807, 2.05) is 6.92 Å². The summed E-state index contributed by atoms with van der Waals surface area (Å²) < 4.78 is 28.2. The van der Waals surface area contributed by atoms with Crippen molar-refractivity contribution in [3.05, 3.63) is 18.3 Å². The van der Waals surface area contributed by atoms with E-state index < -0.39 is 10.0 Å². The number of aromatic nitrogens is 1. The quantitative estimate of drug-likeness (QED) is 0.846. The van der Waals surface area contributed by atoms with Crippen LogP contribution in [0.1, 0.15) is 39.0 Å².